The zero-order valence-corrected chi connectivity index (χ0v) is 11.6. The lowest BCUT2D eigenvalue weighted by atomic mass is 10.1. The lowest BCUT2D eigenvalue weighted by Crippen LogP contribution is -2.04. The molecular formula is C13H14N4O4. The highest BCUT2D eigenvalue weighted by molar-refractivity contribution is 5.92. The first-order valence-corrected chi connectivity index (χ1v) is 6.21. The van der Waals surface area contributed by atoms with E-state index in [-0.39, 0.29) is 16.9 Å². The third-order valence-corrected chi connectivity index (χ3v) is 2.85. The molecule has 0 aliphatic heterocycles. The van der Waals surface area contributed by atoms with Gasteiger partial charge in [-0.3, -0.25) is 14.8 Å². The summed E-state index contributed by atoms with van der Waals surface area (Å²) in [7, 11) is 1.25. The van der Waals surface area contributed by atoms with Crippen LogP contribution in [0.4, 0.5) is 17.1 Å². The molecule has 1 aromatic carbocycles. The van der Waals surface area contributed by atoms with Gasteiger partial charge in [-0.15, -0.1) is 0 Å². The lowest BCUT2D eigenvalue weighted by Gasteiger charge is -2.06. The maximum Gasteiger partial charge on any atom is 0.337 e. The zero-order valence-electron chi connectivity index (χ0n) is 11.6. The Bertz CT molecular complexity index is 681. The van der Waals surface area contributed by atoms with Gasteiger partial charge in [0.15, 0.2) is 0 Å². The van der Waals surface area contributed by atoms with Gasteiger partial charge in [-0.2, -0.15) is 5.10 Å². The largest absolute Gasteiger partial charge is 0.465 e. The number of hydrogen-bond acceptors (Lipinski definition) is 6. The van der Waals surface area contributed by atoms with E-state index < -0.39 is 10.9 Å². The number of carbonyl (C=O) groups excluding carboxylic acids is 1. The molecule has 1 aromatic heterocycles. The van der Waals surface area contributed by atoms with Gasteiger partial charge < -0.3 is 10.1 Å². The Hall–Kier alpha value is -2.90. The molecule has 0 aliphatic carbocycles. The third kappa shape index (κ3) is 3.16. The van der Waals surface area contributed by atoms with Gasteiger partial charge in [-0.05, 0) is 19.1 Å². The first-order valence-electron chi connectivity index (χ1n) is 6.21. The highest BCUT2D eigenvalue weighted by atomic mass is 16.6. The van der Waals surface area contributed by atoms with Crippen LogP contribution in [0.1, 0.15) is 17.3 Å². The number of anilines is 2. The molecule has 0 saturated carbocycles. The number of benzene rings is 1. The van der Waals surface area contributed by atoms with Crippen molar-refractivity contribution in [2.75, 3.05) is 12.4 Å². The fourth-order valence-corrected chi connectivity index (χ4v) is 1.80. The van der Waals surface area contributed by atoms with Crippen molar-refractivity contribution in [1.82, 2.24) is 9.78 Å². The monoisotopic (exact) mass is 290 g/mol. The van der Waals surface area contributed by atoms with Gasteiger partial charge in [0.25, 0.3) is 5.69 Å². The van der Waals surface area contributed by atoms with E-state index in [9.17, 15) is 14.9 Å². The molecular weight excluding hydrogens is 276 g/mol. The highest BCUT2D eigenvalue weighted by Crippen LogP contribution is 2.28. The van der Waals surface area contributed by atoms with Crippen LogP contribution in [0.15, 0.2) is 30.6 Å². The summed E-state index contributed by atoms with van der Waals surface area (Å²) in [6.45, 7) is 2.61. The predicted molar refractivity (Wildman–Crippen MR) is 75.6 cm³/mol. The van der Waals surface area contributed by atoms with E-state index in [2.05, 4.69) is 15.2 Å². The van der Waals surface area contributed by atoms with E-state index in [0.29, 0.717) is 12.2 Å². The number of ether oxygens (including phenoxy) is 1. The number of methoxy groups -OCH3 is 1. The van der Waals surface area contributed by atoms with Gasteiger partial charge in [-0.25, -0.2) is 4.79 Å². The second-order valence-electron chi connectivity index (χ2n) is 4.19. The van der Waals surface area contributed by atoms with Crippen molar-refractivity contribution in [2.45, 2.75) is 13.5 Å². The summed E-state index contributed by atoms with van der Waals surface area (Å²) in [6, 6.07) is 4.00. The van der Waals surface area contributed by atoms with Crippen molar-refractivity contribution in [3.05, 3.63) is 46.3 Å². The smallest absolute Gasteiger partial charge is 0.337 e. The summed E-state index contributed by atoms with van der Waals surface area (Å²) in [4.78, 5) is 22.0. The molecule has 0 saturated heterocycles. The summed E-state index contributed by atoms with van der Waals surface area (Å²) in [6.07, 6.45) is 3.27. The van der Waals surface area contributed by atoms with Crippen molar-refractivity contribution < 1.29 is 14.5 Å². The van der Waals surface area contributed by atoms with E-state index in [1.165, 1.54) is 25.3 Å². The Morgan fingerprint density at radius 2 is 2.29 bits per heavy atom. The van der Waals surface area contributed by atoms with E-state index >= 15 is 0 Å². The van der Waals surface area contributed by atoms with Gasteiger partial charge in [0, 0.05) is 18.8 Å². The van der Waals surface area contributed by atoms with Crippen molar-refractivity contribution >= 4 is 23.0 Å². The van der Waals surface area contributed by atoms with Crippen LogP contribution in [-0.4, -0.2) is 27.8 Å². The fraction of sp³-hybridized carbons (Fsp3) is 0.231. The van der Waals surface area contributed by atoms with E-state index in [4.69, 9.17) is 0 Å². The molecule has 1 N–H and O–H groups in total. The van der Waals surface area contributed by atoms with Crippen LogP contribution < -0.4 is 5.32 Å². The Labute approximate surface area is 120 Å². The molecule has 0 unspecified atom stereocenters. The number of hydrogen-bond donors (Lipinski definition) is 1. The average Bonchev–Trinajstić information content (AvgIpc) is 2.93. The van der Waals surface area contributed by atoms with Crippen molar-refractivity contribution in [3.63, 3.8) is 0 Å². The molecule has 8 nitrogen and oxygen atoms in total. The summed E-state index contributed by atoms with van der Waals surface area (Å²) in [5.41, 5.74) is 0.904. The minimum Gasteiger partial charge on any atom is -0.465 e. The molecule has 0 bridgehead atoms. The maximum absolute atomic E-state index is 11.5. The number of rotatable bonds is 5. The minimum atomic E-state index is -0.558. The van der Waals surface area contributed by atoms with E-state index in [0.717, 1.165) is 0 Å². The number of aryl methyl sites for hydroxylation is 1. The van der Waals surface area contributed by atoms with Gasteiger partial charge in [0.05, 0.1) is 29.5 Å². The topological polar surface area (TPSA) is 99.3 Å². The standard InChI is InChI=1S/C13H14N4O4/c1-3-16-8-10(7-14-16)15-11-6-9(13(18)21-2)4-5-12(11)17(19)20/h4-8,15H,3H2,1-2H3. The molecule has 1 heterocycles. The Morgan fingerprint density at radius 1 is 1.52 bits per heavy atom. The molecule has 21 heavy (non-hydrogen) atoms. The molecule has 0 radical (unpaired) electrons. The van der Waals surface area contributed by atoms with Gasteiger partial charge in [0.2, 0.25) is 0 Å². The van der Waals surface area contributed by atoms with Crippen LogP contribution in [0, 0.1) is 10.1 Å². The summed E-state index contributed by atoms with van der Waals surface area (Å²) < 4.78 is 6.29. The van der Waals surface area contributed by atoms with Crippen molar-refractivity contribution in [1.29, 1.82) is 0 Å². The summed E-state index contributed by atoms with van der Waals surface area (Å²) >= 11 is 0. The molecule has 0 spiro atoms. The SMILES string of the molecule is CCn1cc(Nc2cc(C(=O)OC)ccc2[N+](=O)[O-])cn1. The quantitative estimate of drug-likeness (QED) is 0.515. The number of nitrogens with one attached hydrogen (secondary N) is 1. The summed E-state index contributed by atoms with van der Waals surface area (Å²) in [5, 5.41) is 18.0. The van der Waals surface area contributed by atoms with Gasteiger partial charge >= 0.3 is 5.97 Å². The zero-order chi connectivity index (χ0) is 15.4. The number of esters is 1. The van der Waals surface area contributed by atoms with Crippen molar-refractivity contribution in [2.24, 2.45) is 0 Å². The Morgan fingerprint density at radius 3 is 2.86 bits per heavy atom. The van der Waals surface area contributed by atoms with Crippen molar-refractivity contribution in [3.8, 4) is 0 Å². The minimum absolute atomic E-state index is 0.132. The van der Waals surface area contributed by atoms with Crippen LogP contribution in [0.3, 0.4) is 0 Å². The second kappa shape index (κ2) is 6.04. The number of aromatic nitrogens is 2. The Kier molecular flexibility index (Phi) is 4.17. The molecule has 0 fully saturated rings. The van der Waals surface area contributed by atoms with Crippen LogP contribution in [0.2, 0.25) is 0 Å². The lowest BCUT2D eigenvalue weighted by molar-refractivity contribution is -0.383. The number of nitrogens with zero attached hydrogens (tertiary/aromatic N) is 3. The highest BCUT2D eigenvalue weighted by Gasteiger charge is 2.17. The number of nitro benzene ring substituents is 1. The maximum atomic E-state index is 11.5. The van der Waals surface area contributed by atoms with E-state index in [1.807, 2.05) is 6.92 Å². The fourth-order valence-electron chi connectivity index (χ4n) is 1.80. The number of nitro groups is 1. The van der Waals surface area contributed by atoms with Gasteiger partial charge in [0.1, 0.15) is 5.69 Å². The van der Waals surface area contributed by atoms with Crippen LogP contribution in [-0.2, 0) is 11.3 Å². The number of carbonyl (C=O) groups is 1. The molecule has 0 amide bonds. The van der Waals surface area contributed by atoms with Crippen LogP contribution in [0.25, 0.3) is 0 Å². The molecule has 2 aromatic rings. The van der Waals surface area contributed by atoms with Gasteiger partial charge in [-0.1, -0.05) is 0 Å². The summed E-state index contributed by atoms with van der Waals surface area (Å²) in [5.74, 6) is -0.558. The Balaban J connectivity index is 2.38. The molecule has 110 valence electrons. The molecule has 0 aliphatic rings. The first-order chi connectivity index (χ1) is 10.0. The average molecular weight is 290 g/mol. The predicted octanol–water partition coefficient (Wildman–Crippen LogP) is 2.34. The normalized spacial score (nSPS) is 10.2. The van der Waals surface area contributed by atoms with Crippen LogP contribution >= 0.6 is 0 Å². The second-order valence-corrected chi connectivity index (χ2v) is 4.19. The van der Waals surface area contributed by atoms with E-state index in [1.54, 1.807) is 17.1 Å². The molecule has 2 rings (SSSR count). The first kappa shape index (κ1) is 14.5. The molecule has 0 atom stereocenters. The third-order valence-electron chi connectivity index (χ3n) is 2.85. The molecule has 8 heteroatoms. The van der Waals surface area contributed by atoms with Crippen LogP contribution in [0.5, 0.6) is 0 Å².